The zero-order valence-corrected chi connectivity index (χ0v) is 15.3. The molecule has 0 bridgehead atoms. The maximum atomic E-state index is 12.4. The van der Waals surface area contributed by atoms with Gasteiger partial charge in [-0.25, -0.2) is 9.59 Å². The number of nitrogens with zero attached hydrogens (tertiary/aromatic N) is 1. The number of halogens is 1. The van der Waals surface area contributed by atoms with Crippen molar-refractivity contribution in [3.63, 3.8) is 0 Å². The van der Waals surface area contributed by atoms with Crippen LogP contribution in [-0.2, 0) is 14.2 Å². The van der Waals surface area contributed by atoms with Crippen molar-refractivity contribution in [2.75, 3.05) is 51.9 Å². The van der Waals surface area contributed by atoms with Crippen molar-refractivity contribution in [1.82, 2.24) is 10.2 Å². The molecule has 8 nitrogen and oxygen atoms in total. The topological polar surface area (TPSA) is 89.1 Å². The normalized spacial score (nSPS) is 23.5. The largest absolute Gasteiger partial charge is 0.465 e. The number of esters is 1. The van der Waals surface area contributed by atoms with Crippen molar-refractivity contribution in [3.05, 3.63) is 28.8 Å². The van der Waals surface area contributed by atoms with Crippen LogP contribution >= 0.6 is 11.6 Å². The molecule has 9 heteroatoms. The molecule has 2 saturated heterocycles. The van der Waals surface area contributed by atoms with Gasteiger partial charge in [0.15, 0.2) is 0 Å². The van der Waals surface area contributed by atoms with Gasteiger partial charge < -0.3 is 24.8 Å². The molecule has 1 aromatic carbocycles. The molecular formula is C17H22ClN3O5. The average Bonchev–Trinajstić information content (AvgIpc) is 3.11. The smallest absolute Gasteiger partial charge is 0.339 e. The van der Waals surface area contributed by atoms with Gasteiger partial charge in [-0.2, -0.15) is 0 Å². The van der Waals surface area contributed by atoms with E-state index >= 15 is 0 Å². The fraction of sp³-hybridized carbons (Fsp3) is 0.529. The van der Waals surface area contributed by atoms with E-state index in [-0.39, 0.29) is 28.7 Å². The Kier molecular flexibility index (Phi) is 6.31. The van der Waals surface area contributed by atoms with Crippen LogP contribution in [0.5, 0.6) is 0 Å². The molecule has 0 spiro atoms. The van der Waals surface area contributed by atoms with E-state index in [1.807, 2.05) is 0 Å². The number of amides is 2. The lowest BCUT2D eigenvalue weighted by Crippen LogP contribution is -2.54. The lowest BCUT2D eigenvalue weighted by Gasteiger charge is -2.34. The second-order valence-corrected chi connectivity index (χ2v) is 6.55. The number of rotatable bonds is 4. The first-order valence-electron chi connectivity index (χ1n) is 8.43. The van der Waals surface area contributed by atoms with Crippen LogP contribution in [0.1, 0.15) is 10.4 Å². The molecule has 26 heavy (non-hydrogen) atoms. The van der Waals surface area contributed by atoms with E-state index in [4.69, 9.17) is 21.1 Å². The van der Waals surface area contributed by atoms with Crippen molar-refractivity contribution in [2.24, 2.45) is 0 Å². The maximum absolute atomic E-state index is 12.4. The van der Waals surface area contributed by atoms with Crippen LogP contribution in [-0.4, -0.2) is 75.6 Å². The third-order valence-electron chi connectivity index (χ3n) is 4.51. The van der Waals surface area contributed by atoms with E-state index in [0.29, 0.717) is 32.1 Å². The van der Waals surface area contributed by atoms with E-state index in [2.05, 4.69) is 20.3 Å². The van der Waals surface area contributed by atoms with Crippen LogP contribution in [0.4, 0.5) is 10.5 Å². The molecule has 2 N–H and O–H groups in total. The minimum Gasteiger partial charge on any atom is -0.465 e. The van der Waals surface area contributed by atoms with Crippen LogP contribution < -0.4 is 10.6 Å². The number of hydrogen-bond acceptors (Lipinski definition) is 6. The van der Waals surface area contributed by atoms with Crippen molar-refractivity contribution in [2.45, 2.75) is 12.1 Å². The minimum absolute atomic E-state index is 0.111. The molecule has 0 aliphatic carbocycles. The molecule has 2 aliphatic rings. The highest BCUT2D eigenvalue weighted by molar-refractivity contribution is 6.33. The van der Waals surface area contributed by atoms with Gasteiger partial charge in [-0.3, -0.25) is 4.90 Å². The second kappa shape index (κ2) is 8.68. The third-order valence-corrected chi connectivity index (χ3v) is 4.84. The molecule has 2 fully saturated rings. The van der Waals surface area contributed by atoms with Gasteiger partial charge >= 0.3 is 12.0 Å². The molecule has 2 aliphatic heterocycles. The summed E-state index contributed by atoms with van der Waals surface area (Å²) >= 11 is 5.99. The zero-order valence-electron chi connectivity index (χ0n) is 14.5. The molecular weight excluding hydrogens is 362 g/mol. The van der Waals surface area contributed by atoms with Gasteiger partial charge in [-0.05, 0) is 18.2 Å². The predicted octanol–water partition coefficient (Wildman–Crippen LogP) is 1.35. The number of anilines is 1. The average molecular weight is 384 g/mol. The monoisotopic (exact) mass is 383 g/mol. The highest BCUT2D eigenvalue weighted by Crippen LogP contribution is 2.21. The maximum Gasteiger partial charge on any atom is 0.339 e. The number of morpholine rings is 1. The highest BCUT2D eigenvalue weighted by Gasteiger charge is 2.34. The summed E-state index contributed by atoms with van der Waals surface area (Å²) in [5.41, 5.74) is 0.650. The first kappa shape index (κ1) is 18.9. The number of carbonyl (C=O) groups excluding carboxylic acids is 2. The number of ether oxygens (including phenoxy) is 3. The first-order chi connectivity index (χ1) is 12.6. The fourth-order valence-electron chi connectivity index (χ4n) is 3.15. The molecule has 2 amide bonds. The molecule has 2 heterocycles. The molecule has 0 saturated carbocycles. The summed E-state index contributed by atoms with van der Waals surface area (Å²) in [4.78, 5) is 26.3. The van der Waals surface area contributed by atoms with Gasteiger partial charge in [-0.1, -0.05) is 11.6 Å². The van der Waals surface area contributed by atoms with E-state index < -0.39 is 5.97 Å². The number of methoxy groups -OCH3 is 1. The summed E-state index contributed by atoms with van der Waals surface area (Å²) in [6.45, 7) is 4.08. The second-order valence-electron chi connectivity index (χ2n) is 6.14. The highest BCUT2D eigenvalue weighted by atomic mass is 35.5. The van der Waals surface area contributed by atoms with Gasteiger partial charge in [0.25, 0.3) is 0 Å². The van der Waals surface area contributed by atoms with Crippen LogP contribution in [0, 0.1) is 0 Å². The third kappa shape index (κ3) is 4.45. The molecule has 3 rings (SSSR count). The Morgan fingerprint density at radius 2 is 2.00 bits per heavy atom. The Balaban J connectivity index is 1.60. The quantitative estimate of drug-likeness (QED) is 0.763. The molecule has 2 atom stereocenters. The van der Waals surface area contributed by atoms with Crippen molar-refractivity contribution >= 4 is 29.3 Å². The lowest BCUT2D eigenvalue weighted by molar-refractivity contribution is 0.0113. The van der Waals surface area contributed by atoms with E-state index in [1.165, 1.54) is 13.2 Å². The molecule has 0 radical (unpaired) electrons. The summed E-state index contributed by atoms with van der Waals surface area (Å²) in [5.74, 6) is -0.560. The predicted molar refractivity (Wildman–Crippen MR) is 95.7 cm³/mol. The molecule has 1 aromatic rings. The Morgan fingerprint density at radius 1 is 1.23 bits per heavy atom. The Hall–Kier alpha value is -1.87. The van der Waals surface area contributed by atoms with Gasteiger partial charge in [0, 0.05) is 18.8 Å². The lowest BCUT2D eigenvalue weighted by atomic mass is 10.1. The first-order valence-corrected chi connectivity index (χ1v) is 8.81. The zero-order chi connectivity index (χ0) is 18.5. The van der Waals surface area contributed by atoms with Crippen LogP contribution in [0.15, 0.2) is 18.2 Å². The van der Waals surface area contributed by atoms with Crippen LogP contribution in [0.25, 0.3) is 0 Å². The molecule has 0 aromatic heterocycles. The fourth-order valence-corrected chi connectivity index (χ4v) is 3.35. The number of hydrogen-bond donors (Lipinski definition) is 2. The summed E-state index contributed by atoms with van der Waals surface area (Å²) in [6, 6.07) is 4.30. The standard InChI is InChI=1S/C17H22ClN3O5/c1-24-16(22)12-8-11(2-3-13(12)18)19-17(23)20-14-9-26-10-15(14)21-4-6-25-7-5-21/h2-3,8,14-15H,4-7,9-10H2,1H3,(H2,19,20,23)/t14-,15-/m1/s1. The van der Waals surface area contributed by atoms with Gasteiger partial charge in [-0.15, -0.1) is 0 Å². The van der Waals surface area contributed by atoms with Gasteiger partial charge in [0.05, 0.1) is 56.2 Å². The van der Waals surface area contributed by atoms with Crippen molar-refractivity contribution < 1.29 is 23.8 Å². The summed E-state index contributed by atoms with van der Waals surface area (Å²) in [5, 5.41) is 5.93. The van der Waals surface area contributed by atoms with Crippen LogP contribution in [0.2, 0.25) is 5.02 Å². The minimum atomic E-state index is -0.560. The number of benzene rings is 1. The summed E-state index contributed by atoms with van der Waals surface area (Å²) in [6.07, 6.45) is 0. The summed E-state index contributed by atoms with van der Waals surface area (Å²) < 4.78 is 15.6. The van der Waals surface area contributed by atoms with Gasteiger partial charge in [0.1, 0.15) is 0 Å². The van der Waals surface area contributed by atoms with E-state index in [0.717, 1.165) is 13.1 Å². The summed E-state index contributed by atoms with van der Waals surface area (Å²) in [7, 11) is 1.28. The van der Waals surface area contributed by atoms with Gasteiger partial charge in [0.2, 0.25) is 0 Å². The van der Waals surface area contributed by atoms with E-state index in [9.17, 15) is 9.59 Å². The van der Waals surface area contributed by atoms with Crippen molar-refractivity contribution in [1.29, 1.82) is 0 Å². The van der Waals surface area contributed by atoms with Crippen molar-refractivity contribution in [3.8, 4) is 0 Å². The Labute approximate surface area is 156 Å². The SMILES string of the molecule is COC(=O)c1cc(NC(=O)N[C@@H]2COC[C@H]2N2CCOCC2)ccc1Cl. The molecule has 0 unspecified atom stereocenters. The Bertz CT molecular complexity index is 666. The number of nitrogens with one attached hydrogen (secondary N) is 2. The van der Waals surface area contributed by atoms with E-state index in [1.54, 1.807) is 12.1 Å². The molecule has 142 valence electrons. The van der Waals surface area contributed by atoms with Crippen LogP contribution in [0.3, 0.4) is 0 Å². The Morgan fingerprint density at radius 3 is 2.73 bits per heavy atom. The number of urea groups is 1. The number of carbonyl (C=O) groups is 2.